The summed E-state index contributed by atoms with van der Waals surface area (Å²) in [5.74, 6) is -3.24. The average Bonchev–Trinajstić information content (AvgIpc) is 2.75. The molecule has 136 valence electrons. The first-order valence-electron chi connectivity index (χ1n) is 8.07. The molecule has 0 saturated carbocycles. The van der Waals surface area contributed by atoms with Gasteiger partial charge in [-0.15, -0.1) is 0 Å². The van der Waals surface area contributed by atoms with E-state index in [-0.39, 0.29) is 12.4 Å². The molecular weight excluding hydrogens is 322 g/mol. The normalized spacial score (nSPS) is 26.2. The minimum absolute atomic E-state index is 0.0681. The lowest BCUT2D eigenvalue weighted by Crippen LogP contribution is -2.43. The van der Waals surface area contributed by atoms with E-state index in [2.05, 4.69) is 24.1 Å². The lowest BCUT2D eigenvalue weighted by molar-refractivity contribution is -0.140. The fourth-order valence-corrected chi connectivity index (χ4v) is 2.75. The van der Waals surface area contributed by atoms with Crippen LogP contribution in [0.15, 0.2) is 17.1 Å². The van der Waals surface area contributed by atoms with E-state index in [1.54, 1.807) is 0 Å². The Labute approximate surface area is 138 Å². The largest absolute Gasteiger partial charge is 0.384 e. The smallest absolute Gasteiger partial charge is 0.351 e. The molecule has 0 aromatic carbocycles. The Hall–Kier alpha value is -1.58. The van der Waals surface area contributed by atoms with Gasteiger partial charge in [0.1, 0.15) is 18.0 Å². The van der Waals surface area contributed by atoms with Crippen LogP contribution in [-0.2, 0) is 4.74 Å². The molecule has 0 radical (unpaired) electrons. The number of anilines is 1. The van der Waals surface area contributed by atoms with Gasteiger partial charge in [0, 0.05) is 12.7 Å². The standard InChI is InChI=1S/C15H24F2N4O3/c1-3-9(4-2)7-19-8-10-12(22)15(16,17)13(24-10)21-6-5-11(18)20-14(21)23/h5-6,9-10,12-13,19,22H,3-4,7-8H2,1-2H3,(H2,18,20,23)/t10-,12-,13-/m1/s1. The Morgan fingerprint density at radius 1 is 1.50 bits per heavy atom. The lowest BCUT2D eigenvalue weighted by Gasteiger charge is -2.20. The van der Waals surface area contributed by atoms with Crippen LogP contribution in [0.1, 0.15) is 32.9 Å². The molecular formula is C15H24F2N4O3. The zero-order chi connectivity index (χ0) is 17.9. The average molecular weight is 346 g/mol. The molecule has 1 aliphatic rings. The molecule has 0 unspecified atom stereocenters. The van der Waals surface area contributed by atoms with Crippen molar-refractivity contribution in [1.29, 1.82) is 0 Å². The van der Waals surface area contributed by atoms with E-state index in [0.29, 0.717) is 17.0 Å². The number of halogens is 2. The summed E-state index contributed by atoms with van der Waals surface area (Å²) in [5, 5.41) is 12.9. The Bertz CT molecular complexity index is 607. The topological polar surface area (TPSA) is 102 Å². The van der Waals surface area contributed by atoms with Gasteiger partial charge in [0.2, 0.25) is 6.23 Å². The fraction of sp³-hybridized carbons (Fsp3) is 0.733. The highest BCUT2D eigenvalue weighted by Crippen LogP contribution is 2.41. The van der Waals surface area contributed by atoms with Crippen molar-refractivity contribution in [3.8, 4) is 0 Å². The zero-order valence-corrected chi connectivity index (χ0v) is 13.8. The number of nitrogens with zero attached hydrogens (tertiary/aromatic N) is 2. The first-order chi connectivity index (χ1) is 11.3. The summed E-state index contributed by atoms with van der Waals surface area (Å²) in [6.07, 6.45) is -2.00. The molecule has 3 atom stereocenters. The van der Waals surface area contributed by atoms with Gasteiger partial charge in [-0.2, -0.15) is 13.8 Å². The van der Waals surface area contributed by atoms with Crippen molar-refractivity contribution in [1.82, 2.24) is 14.9 Å². The van der Waals surface area contributed by atoms with Crippen molar-refractivity contribution in [3.63, 3.8) is 0 Å². The molecule has 1 aromatic heterocycles. The third-order valence-corrected chi connectivity index (χ3v) is 4.42. The van der Waals surface area contributed by atoms with Crippen LogP contribution in [0, 0.1) is 5.92 Å². The SMILES string of the molecule is CCC(CC)CNC[C@H]1O[C@@H](n2ccc(N)nc2=O)C(F)(F)[C@@H]1O. The number of nitrogens with one attached hydrogen (secondary N) is 1. The molecule has 0 aliphatic carbocycles. The highest BCUT2D eigenvalue weighted by atomic mass is 19.3. The molecule has 1 saturated heterocycles. The van der Waals surface area contributed by atoms with E-state index in [1.807, 2.05) is 0 Å². The van der Waals surface area contributed by atoms with Crippen LogP contribution in [0.2, 0.25) is 0 Å². The van der Waals surface area contributed by atoms with Crippen LogP contribution < -0.4 is 16.7 Å². The molecule has 1 aliphatic heterocycles. The highest BCUT2D eigenvalue weighted by Gasteiger charge is 2.59. The number of hydrogen-bond acceptors (Lipinski definition) is 6. The van der Waals surface area contributed by atoms with Gasteiger partial charge in [-0.1, -0.05) is 26.7 Å². The van der Waals surface area contributed by atoms with E-state index >= 15 is 0 Å². The van der Waals surface area contributed by atoms with E-state index in [1.165, 1.54) is 6.07 Å². The summed E-state index contributed by atoms with van der Waals surface area (Å²) in [6.45, 7) is 4.84. The monoisotopic (exact) mass is 346 g/mol. The Morgan fingerprint density at radius 2 is 2.17 bits per heavy atom. The quantitative estimate of drug-likeness (QED) is 0.673. The first kappa shape index (κ1) is 18.8. The minimum atomic E-state index is -3.61. The maximum Gasteiger partial charge on any atom is 0.351 e. The van der Waals surface area contributed by atoms with E-state index < -0.39 is 30.0 Å². The van der Waals surface area contributed by atoms with Crippen LogP contribution in [-0.4, -0.2) is 45.9 Å². The summed E-state index contributed by atoms with van der Waals surface area (Å²) in [7, 11) is 0. The van der Waals surface area contributed by atoms with Crippen LogP contribution in [0.5, 0.6) is 0 Å². The molecule has 4 N–H and O–H groups in total. The fourth-order valence-electron chi connectivity index (χ4n) is 2.75. The molecule has 1 aromatic rings. The van der Waals surface area contributed by atoms with E-state index in [9.17, 15) is 18.7 Å². The van der Waals surface area contributed by atoms with Crippen molar-refractivity contribution in [3.05, 3.63) is 22.7 Å². The number of ether oxygens (including phenoxy) is 1. The number of aliphatic hydroxyl groups excluding tert-OH is 1. The number of rotatable bonds is 7. The Kier molecular flexibility index (Phi) is 5.89. The summed E-state index contributed by atoms with van der Waals surface area (Å²) < 4.78 is 34.5. The Morgan fingerprint density at radius 3 is 2.75 bits per heavy atom. The number of alkyl halides is 2. The molecule has 0 amide bonds. The number of nitrogen functional groups attached to an aromatic ring is 1. The third kappa shape index (κ3) is 3.73. The Balaban J connectivity index is 2.08. The van der Waals surface area contributed by atoms with Gasteiger partial charge in [0.15, 0.2) is 0 Å². The van der Waals surface area contributed by atoms with Crippen LogP contribution in [0.4, 0.5) is 14.6 Å². The van der Waals surface area contributed by atoms with Gasteiger partial charge in [-0.3, -0.25) is 4.57 Å². The predicted molar refractivity (Wildman–Crippen MR) is 84.7 cm³/mol. The first-order valence-corrected chi connectivity index (χ1v) is 8.07. The second kappa shape index (κ2) is 7.54. The molecule has 7 nitrogen and oxygen atoms in total. The molecule has 2 rings (SSSR count). The lowest BCUT2D eigenvalue weighted by atomic mass is 10.0. The van der Waals surface area contributed by atoms with Gasteiger partial charge in [-0.05, 0) is 18.5 Å². The molecule has 0 bridgehead atoms. The minimum Gasteiger partial charge on any atom is -0.384 e. The summed E-state index contributed by atoms with van der Waals surface area (Å²) in [5.41, 5.74) is 4.41. The van der Waals surface area contributed by atoms with Crippen molar-refractivity contribution in [2.24, 2.45) is 5.92 Å². The van der Waals surface area contributed by atoms with Crippen molar-refractivity contribution in [2.45, 2.75) is 51.0 Å². The number of aliphatic hydroxyl groups is 1. The summed E-state index contributed by atoms with van der Waals surface area (Å²) in [4.78, 5) is 15.2. The van der Waals surface area contributed by atoms with Gasteiger partial charge in [0.05, 0.1) is 0 Å². The van der Waals surface area contributed by atoms with E-state index in [0.717, 1.165) is 19.0 Å². The van der Waals surface area contributed by atoms with Crippen LogP contribution in [0.3, 0.4) is 0 Å². The van der Waals surface area contributed by atoms with Gasteiger partial charge in [-0.25, -0.2) is 4.79 Å². The van der Waals surface area contributed by atoms with Gasteiger partial charge in [0.25, 0.3) is 0 Å². The van der Waals surface area contributed by atoms with E-state index in [4.69, 9.17) is 10.5 Å². The van der Waals surface area contributed by atoms with Gasteiger partial charge >= 0.3 is 11.6 Å². The molecule has 0 spiro atoms. The van der Waals surface area contributed by atoms with Crippen molar-refractivity contribution >= 4 is 5.82 Å². The zero-order valence-electron chi connectivity index (χ0n) is 13.8. The maximum absolute atomic E-state index is 14.3. The number of hydrogen-bond donors (Lipinski definition) is 3. The molecule has 9 heteroatoms. The van der Waals surface area contributed by atoms with Crippen LogP contribution in [0.25, 0.3) is 0 Å². The van der Waals surface area contributed by atoms with Crippen molar-refractivity contribution in [2.75, 3.05) is 18.8 Å². The van der Waals surface area contributed by atoms with Crippen molar-refractivity contribution < 1.29 is 18.6 Å². The molecule has 24 heavy (non-hydrogen) atoms. The summed E-state index contributed by atoms with van der Waals surface area (Å²) >= 11 is 0. The third-order valence-electron chi connectivity index (χ3n) is 4.42. The molecule has 2 heterocycles. The van der Waals surface area contributed by atoms with Crippen LogP contribution >= 0.6 is 0 Å². The predicted octanol–water partition coefficient (Wildman–Crippen LogP) is 0.745. The second-order valence-corrected chi connectivity index (χ2v) is 6.03. The summed E-state index contributed by atoms with van der Waals surface area (Å²) in [6, 6.07) is 1.23. The van der Waals surface area contributed by atoms with Gasteiger partial charge < -0.3 is 20.9 Å². The second-order valence-electron chi connectivity index (χ2n) is 6.03. The highest BCUT2D eigenvalue weighted by molar-refractivity contribution is 5.23. The molecule has 1 fully saturated rings. The number of nitrogens with two attached hydrogens (primary N) is 1. The maximum atomic E-state index is 14.3. The number of aromatic nitrogens is 2.